The van der Waals surface area contributed by atoms with Crippen molar-refractivity contribution in [2.24, 2.45) is 11.8 Å². The van der Waals surface area contributed by atoms with Crippen molar-refractivity contribution in [2.45, 2.75) is 63.1 Å². The Morgan fingerprint density at radius 2 is 1.92 bits per heavy atom. The maximum Gasteiger partial charge on any atom is 0.223 e. The minimum atomic E-state index is -0.123. The number of piperidine rings is 2. The van der Waals surface area contributed by atoms with Crippen LogP contribution < -0.4 is 0 Å². The van der Waals surface area contributed by atoms with Gasteiger partial charge >= 0.3 is 0 Å². The van der Waals surface area contributed by atoms with Crippen molar-refractivity contribution in [2.75, 3.05) is 0 Å². The molecule has 2 saturated carbocycles. The molecular weight excluding hydrogens is 392 g/mol. The van der Waals surface area contributed by atoms with Crippen LogP contribution in [0, 0.1) is 11.8 Å². The summed E-state index contributed by atoms with van der Waals surface area (Å²) >= 11 is 3.66. The summed E-state index contributed by atoms with van der Waals surface area (Å²) in [6, 6.07) is 6.87. The van der Waals surface area contributed by atoms with Crippen LogP contribution in [-0.4, -0.2) is 39.1 Å². The van der Waals surface area contributed by atoms with Gasteiger partial charge in [-0.05, 0) is 61.1 Å². The molecule has 2 saturated heterocycles. The SMILES string of the molecule is CC(CC(=O)N1C2CC3CC1CC(C2)C3O)c1c[nH]c2cccc(Br)c12. The van der Waals surface area contributed by atoms with Crippen molar-refractivity contribution in [3.05, 3.63) is 34.4 Å². The van der Waals surface area contributed by atoms with Gasteiger partial charge in [-0.15, -0.1) is 0 Å². The molecule has 138 valence electrons. The molecule has 1 aromatic heterocycles. The smallest absolute Gasteiger partial charge is 0.223 e. The third-order valence-electron chi connectivity index (χ3n) is 7.04. The number of aliphatic hydroxyl groups excluding tert-OH is 1. The quantitative estimate of drug-likeness (QED) is 0.787. The van der Waals surface area contributed by atoms with E-state index in [-0.39, 0.29) is 12.0 Å². The predicted molar refractivity (Wildman–Crippen MR) is 105 cm³/mol. The molecule has 1 unspecified atom stereocenters. The number of aromatic nitrogens is 1. The molecule has 4 bridgehead atoms. The van der Waals surface area contributed by atoms with Gasteiger partial charge in [0, 0.05) is 40.1 Å². The number of nitrogens with one attached hydrogen (secondary N) is 1. The second kappa shape index (κ2) is 6.10. The number of fused-ring (bicyclic) bond motifs is 1. The van der Waals surface area contributed by atoms with E-state index in [1.165, 1.54) is 10.9 Å². The van der Waals surface area contributed by atoms with Crippen molar-refractivity contribution in [3.8, 4) is 0 Å². The van der Waals surface area contributed by atoms with Crippen LogP contribution in [0.15, 0.2) is 28.9 Å². The van der Waals surface area contributed by atoms with Crippen molar-refractivity contribution in [1.82, 2.24) is 9.88 Å². The van der Waals surface area contributed by atoms with E-state index in [2.05, 4.69) is 51.1 Å². The Kier molecular flexibility index (Phi) is 3.94. The Morgan fingerprint density at radius 1 is 1.27 bits per heavy atom. The maximum absolute atomic E-state index is 13.2. The topological polar surface area (TPSA) is 56.3 Å². The fraction of sp³-hybridized carbons (Fsp3) is 0.571. The van der Waals surface area contributed by atoms with Gasteiger partial charge in [0.25, 0.3) is 0 Å². The van der Waals surface area contributed by atoms with Gasteiger partial charge in [0.2, 0.25) is 5.91 Å². The van der Waals surface area contributed by atoms with Gasteiger partial charge in [-0.3, -0.25) is 4.79 Å². The van der Waals surface area contributed by atoms with Crippen LogP contribution in [0.4, 0.5) is 0 Å². The maximum atomic E-state index is 13.2. The number of nitrogens with zero attached hydrogens (tertiary/aromatic N) is 1. The number of H-pyrrole nitrogens is 1. The third kappa shape index (κ3) is 2.47. The Hall–Kier alpha value is -1.33. The lowest BCUT2D eigenvalue weighted by atomic mass is 9.62. The van der Waals surface area contributed by atoms with Crippen LogP contribution in [0.25, 0.3) is 10.9 Å². The van der Waals surface area contributed by atoms with Gasteiger partial charge in [0.15, 0.2) is 0 Å². The van der Waals surface area contributed by atoms with Crippen LogP contribution in [-0.2, 0) is 4.79 Å². The standard InChI is InChI=1S/C21H25BrN2O2/c1-11(16-10-23-18-4-2-3-17(22)20(16)18)5-19(25)24-14-6-12-7-15(24)9-13(8-14)21(12)26/h2-4,10-15,21,23,26H,5-9H2,1H3. The molecule has 2 aliphatic heterocycles. The van der Waals surface area contributed by atoms with Crippen molar-refractivity contribution >= 4 is 32.7 Å². The monoisotopic (exact) mass is 416 g/mol. The summed E-state index contributed by atoms with van der Waals surface area (Å²) in [5.74, 6) is 1.31. The molecular formula is C21H25BrN2O2. The van der Waals surface area contributed by atoms with E-state index in [0.717, 1.165) is 35.7 Å². The number of benzene rings is 1. The van der Waals surface area contributed by atoms with Gasteiger partial charge in [-0.1, -0.05) is 28.9 Å². The first-order chi connectivity index (χ1) is 12.5. The molecule has 4 nitrogen and oxygen atoms in total. The Bertz CT molecular complexity index is 831. The van der Waals surface area contributed by atoms with E-state index in [1.54, 1.807) is 0 Å². The summed E-state index contributed by atoms with van der Waals surface area (Å²) in [4.78, 5) is 18.7. The minimum absolute atomic E-state index is 0.123. The summed E-state index contributed by atoms with van der Waals surface area (Å²) in [5.41, 5.74) is 2.32. The number of halogens is 1. The molecule has 4 fully saturated rings. The molecule has 26 heavy (non-hydrogen) atoms. The number of rotatable bonds is 3. The summed E-state index contributed by atoms with van der Waals surface area (Å²) in [6.45, 7) is 2.15. The predicted octanol–water partition coefficient (Wildman–Crippen LogP) is 4.18. The Balaban J connectivity index is 1.36. The highest BCUT2D eigenvalue weighted by Gasteiger charge is 2.52. The van der Waals surface area contributed by atoms with E-state index in [9.17, 15) is 9.90 Å². The number of hydrogen-bond donors (Lipinski definition) is 2. The molecule has 0 radical (unpaired) electrons. The summed E-state index contributed by atoms with van der Waals surface area (Å²) in [7, 11) is 0. The first-order valence-corrected chi connectivity index (χ1v) is 10.6. The number of aliphatic hydroxyl groups is 1. The fourth-order valence-electron chi connectivity index (χ4n) is 5.92. The minimum Gasteiger partial charge on any atom is -0.393 e. The zero-order valence-corrected chi connectivity index (χ0v) is 16.6. The van der Waals surface area contributed by atoms with Crippen molar-refractivity contribution in [1.29, 1.82) is 0 Å². The summed E-state index contributed by atoms with van der Waals surface area (Å²) in [6.07, 6.45) is 6.46. The van der Waals surface area contributed by atoms with E-state index < -0.39 is 0 Å². The molecule has 2 aromatic rings. The lowest BCUT2D eigenvalue weighted by molar-refractivity contribution is -0.163. The van der Waals surface area contributed by atoms with Gasteiger partial charge < -0.3 is 15.0 Å². The first kappa shape index (κ1) is 16.8. The number of aromatic amines is 1. The van der Waals surface area contributed by atoms with Crippen LogP contribution in [0.1, 0.15) is 50.5 Å². The molecule has 5 heteroatoms. The van der Waals surface area contributed by atoms with Gasteiger partial charge in [-0.2, -0.15) is 0 Å². The second-order valence-electron chi connectivity index (χ2n) is 8.57. The molecule has 0 spiro atoms. The highest BCUT2D eigenvalue weighted by atomic mass is 79.9. The van der Waals surface area contributed by atoms with Crippen LogP contribution in [0.2, 0.25) is 0 Å². The molecule has 1 aromatic carbocycles. The lowest BCUT2D eigenvalue weighted by Gasteiger charge is -2.58. The lowest BCUT2D eigenvalue weighted by Crippen LogP contribution is -2.64. The summed E-state index contributed by atoms with van der Waals surface area (Å²) in [5, 5.41) is 11.5. The highest BCUT2D eigenvalue weighted by molar-refractivity contribution is 9.10. The second-order valence-corrected chi connectivity index (χ2v) is 9.43. The highest BCUT2D eigenvalue weighted by Crippen LogP contribution is 2.49. The molecule has 6 rings (SSSR count). The number of carbonyl (C=O) groups is 1. The molecule has 1 atom stereocenters. The van der Waals surface area contributed by atoms with E-state index in [4.69, 9.17) is 0 Å². The van der Waals surface area contributed by atoms with Crippen molar-refractivity contribution in [3.63, 3.8) is 0 Å². The van der Waals surface area contributed by atoms with Gasteiger partial charge in [0.05, 0.1) is 6.10 Å². The number of hydrogen-bond acceptors (Lipinski definition) is 2. The molecule has 4 aliphatic rings. The molecule has 2 aliphatic carbocycles. The first-order valence-electron chi connectivity index (χ1n) is 9.77. The van der Waals surface area contributed by atoms with E-state index in [0.29, 0.717) is 36.2 Å². The average Bonchev–Trinajstić information content (AvgIpc) is 3.03. The molecule has 1 amide bonds. The molecule has 2 N–H and O–H groups in total. The number of carbonyl (C=O) groups excluding carboxylic acids is 1. The van der Waals surface area contributed by atoms with Crippen LogP contribution >= 0.6 is 15.9 Å². The normalized spacial score (nSPS) is 33.8. The number of amides is 1. The Labute approximate surface area is 162 Å². The van der Waals surface area contributed by atoms with E-state index in [1.807, 2.05) is 6.07 Å². The largest absolute Gasteiger partial charge is 0.393 e. The van der Waals surface area contributed by atoms with Gasteiger partial charge in [0.1, 0.15) is 0 Å². The van der Waals surface area contributed by atoms with Crippen molar-refractivity contribution < 1.29 is 9.90 Å². The van der Waals surface area contributed by atoms with E-state index >= 15 is 0 Å². The fourth-order valence-corrected chi connectivity index (χ4v) is 6.51. The van der Waals surface area contributed by atoms with Crippen LogP contribution in [0.3, 0.4) is 0 Å². The zero-order valence-electron chi connectivity index (χ0n) is 15.0. The van der Waals surface area contributed by atoms with Gasteiger partial charge in [-0.25, -0.2) is 0 Å². The molecule has 3 heterocycles. The average molecular weight is 417 g/mol. The van der Waals surface area contributed by atoms with Crippen LogP contribution in [0.5, 0.6) is 0 Å². The summed E-state index contributed by atoms with van der Waals surface area (Å²) < 4.78 is 1.08. The third-order valence-corrected chi connectivity index (χ3v) is 7.70. The zero-order chi connectivity index (χ0) is 18.0. The Morgan fingerprint density at radius 3 is 2.58 bits per heavy atom.